The molecule has 1 aromatic rings. The zero-order chi connectivity index (χ0) is 11.4. The Bertz CT molecular complexity index is 353. The molecule has 1 aliphatic rings. The number of hydrogen-bond acceptors (Lipinski definition) is 3. The van der Waals surface area contributed by atoms with Crippen LogP contribution in [0.1, 0.15) is 31.2 Å². The highest BCUT2D eigenvalue weighted by molar-refractivity contribution is 5.73. The highest BCUT2D eigenvalue weighted by Crippen LogP contribution is 2.21. The minimum Gasteiger partial charge on any atom is -0.462 e. The highest BCUT2D eigenvalue weighted by Gasteiger charge is 2.19. The molecule has 0 atom stereocenters. The second kappa shape index (κ2) is 5.01. The van der Waals surface area contributed by atoms with Crippen molar-refractivity contribution in [2.24, 2.45) is 0 Å². The second-order valence-electron chi connectivity index (χ2n) is 4.31. The normalized spacial score (nSPS) is 16.2. The molecule has 1 aromatic carbocycles. The molecule has 3 nitrogen and oxygen atoms in total. The van der Waals surface area contributed by atoms with Gasteiger partial charge in [0, 0.05) is 5.69 Å². The summed E-state index contributed by atoms with van der Waals surface area (Å²) in [5.74, 6) is -0.128. The molecule has 2 rings (SSSR count). The van der Waals surface area contributed by atoms with Gasteiger partial charge in [-0.25, -0.2) is 0 Å². The minimum atomic E-state index is -0.128. The molecule has 0 aromatic heterocycles. The van der Waals surface area contributed by atoms with Gasteiger partial charge in [0.1, 0.15) is 6.10 Å². The first kappa shape index (κ1) is 11.0. The third-order valence-electron chi connectivity index (χ3n) is 2.93. The van der Waals surface area contributed by atoms with Crippen molar-refractivity contribution < 1.29 is 9.53 Å². The lowest BCUT2D eigenvalue weighted by atomic mass is 10.1. The molecule has 0 aliphatic heterocycles. The van der Waals surface area contributed by atoms with E-state index in [2.05, 4.69) is 0 Å². The molecule has 0 radical (unpaired) electrons. The van der Waals surface area contributed by atoms with E-state index in [9.17, 15) is 4.79 Å². The van der Waals surface area contributed by atoms with Crippen LogP contribution in [0.4, 0.5) is 5.69 Å². The summed E-state index contributed by atoms with van der Waals surface area (Å²) in [7, 11) is 0. The average molecular weight is 219 g/mol. The SMILES string of the molecule is Nc1ccc(CC(=O)OC2CCCC2)cc1. The van der Waals surface area contributed by atoms with Crippen molar-refractivity contribution in [3.05, 3.63) is 29.8 Å². The second-order valence-corrected chi connectivity index (χ2v) is 4.31. The molecule has 16 heavy (non-hydrogen) atoms. The van der Waals surface area contributed by atoms with Crippen LogP contribution in [0.2, 0.25) is 0 Å². The summed E-state index contributed by atoms with van der Waals surface area (Å²) in [5, 5.41) is 0. The number of ether oxygens (including phenoxy) is 1. The van der Waals surface area contributed by atoms with Crippen molar-refractivity contribution in [1.82, 2.24) is 0 Å². The molecule has 1 aliphatic carbocycles. The fraction of sp³-hybridized carbons (Fsp3) is 0.462. The maximum atomic E-state index is 11.6. The number of carbonyl (C=O) groups is 1. The molecule has 0 amide bonds. The van der Waals surface area contributed by atoms with Crippen molar-refractivity contribution in [3.8, 4) is 0 Å². The lowest BCUT2D eigenvalue weighted by Gasteiger charge is -2.11. The molecule has 0 unspecified atom stereocenters. The van der Waals surface area contributed by atoms with Gasteiger partial charge >= 0.3 is 5.97 Å². The lowest BCUT2D eigenvalue weighted by Crippen LogP contribution is -2.16. The van der Waals surface area contributed by atoms with E-state index < -0.39 is 0 Å². The molecule has 0 heterocycles. The summed E-state index contributed by atoms with van der Waals surface area (Å²) in [6.07, 6.45) is 4.90. The van der Waals surface area contributed by atoms with E-state index in [1.807, 2.05) is 12.1 Å². The van der Waals surface area contributed by atoms with Crippen LogP contribution in [0.5, 0.6) is 0 Å². The Hall–Kier alpha value is -1.51. The Kier molecular flexibility index (Phi) is 3.44. The number of carbonyl (C=O) groups excluding carboxylic acids is 1. The maximum absolute atomic E-state index is 11.6. The average Bonchev–Trinajstić information content (AvgIpc) is 2.74. The van der Waals surface area contributed by atoms with Crippen LogP contribution in [0.25, 0.3) is 0 Å². The first-order valence-electron chi connectivity index (χ1n) is 5.78. The van der Waals surface area contributed by atoms with Crippen molar-refractivity contribution in [2.75, 3.05) is 5.73 Å². The fourth-order valence-electron chi connectivity index (χ4n) is 2.04. The number of benzene rings is 1. The first-order valence-corrected chi connectivity index (χ1v) is 5.78. The fourth-order valence-corrected chi connectivity index (χ4v) is 2.04. The Balaban J connectivity index is 1.84. The topological polar surface area (TPSA) is 52.3 Å². The third-order valence-corrected chi connectivity index (χ3v) is 2.93. The molecule has 0 saturated heterocycles. The Morgan fingerprint density at radius 2 is 1.88 bits per heavy atom. The zero-order valence-electron chi connectivity index (χ0n) is 9.32. The molecule has 1 saturated carbocycles. The van der Waals surface area contributed by atoms with Crippen molar-refractivity contribution in [1.29, 1.82) is 0 Å². The number of nitrogens with two attached hydrogens (primary N) is 1. The number of esters is 1. The van der Waals surface area contributed by atoms with Gasteiger partial charge in [0.25, 0.3) is 0 Å². The number of nitrogen functional groups attached to an aromatic ring is 1. The van der Waals surface area contributed by atoms with E-state index in [0.29, 0.717) is 12.1 Å². The van der Waals surface area contributed by atoms with Crippen LogP contribution in [0.15, 0.2) is 24.3 Å². The third kappa shape index (κ3) is 2.99. The minimum absolute atomic E-state index is 0.128. The van der Waals surface area contributed by atoms with Crippen LogP contribution in [0.3, 0.4) is 0 Å². The number of rotatable bonds is 3. The first-order chi connectivity index (χ1) is 7.74. The van der Waals surface area contributed by atoms with E-state index in [4.69, 9.17) is 10.5 Å². The molecular formula is C13H17NO2. The molecule has 86 valence electrons. The monoisotopic (exact) mass is 219 g/mol. The van der Waals surface area contributed by atoms with E-state index in [1.165, 1.54) is 12.8 Å². The number of anilines is 1. The Morgan fingerprint density at radius 1 is 1.25 bits per heavy atom. The van der Waals surface area contributed by atoms with Crippen LogP contribution in [0, 0.1) is 0 Å². The summed E-state index contributed by atoms with van der Waals surface area (Å²) in [5.41, 5.74) is 7.24. The largest absolute Gasteiger partial charge is 0.462 e. The van der Waals surface area contributed by atoms with Gasteiger partial charge in [-0.1, -0.05) is 12.1 Å². The molecule has 2 N–H and O–H groups in total. The van der Waals surface area contributed by atoms with E-state index in [0.717, 1.165) is 18.4 Å². The Labute approximate surface area is 95.6 Å². The van der Waals surface area contributed by atoms with E-state index in [-0.39, 0.29) is 12.1 Å². The van der Waals surface area contributed by atoms with Gasteiger partial charge in [0.2, 0.25) is 0 Å². The maximum Gasteiger partial charge on any atom is 0.310 e. The quantitative estimate of drug-likeness (QED) is 0.627. The number of hydrogen-bond donors (Lipinski definition) is 1. The molecule has 0 bridgehead atoms. The summed E-state index contributed by atoms with van der Waals surface area (Å²) < 4.78 is 5.38. The van der Waals surface area contributed by atoms with Crippen LogP contribution >= 0.6 is 0 Å². The predicted octanol–water partition coefficient (Wildman–Crippen LogP) is 2.30. The summed E-state index contributed by atoms with van der Waals surface area (Å²) in [6.45, 7) is 0. The summed E-state index contributed by atoms with van der Waals surface area (Å²) in [6, 6.07) is 7.34. The van der Waals surface area contributed by atoms with Gasteiger partial charge in [0.05, 0.1) is 6.42 Å². The van der Waals surface area contributed by atoms with Crippen molar-refractivity contribution in [2.45, 2.75) is 38.2 Å². The van der Waals surface area contributed by atoms with Crippen molar-refractivity contribution >= 4 is 11.7 Å². The molecule has 3 heteroatoms. The van der Waals surface area contributed by atoms with E-state index in [1.54, 1.807) is 12.1 Å². The van der Waals surface area contributed by atoms with Gasteiger partial charge in [-0.3, -0.25) is 4.79 Å². The van der Waals surface area contributed by atoms with Crippen LogP contribution < -0.4 is 5.73 Å². The standard InChI is InChI=1S/C13H17NO2/c14-11-7-5-10(6-8-11)9-13(15)16-12-3-1-2-4-12/h5-8,12H,1-4,9,14H2. The Morgan fingerprint density at radius 3 is 2.50 bits per heavy atom. The van der Waals surface area contributed by atoms with Crippen LogP contribution in [-0.2, 0) is 16.0 Å². The van der Waals surface area contributed by atoms with Crippen LogP contribution in [-0.4, -0.2) is 12.1 Å². The van der Waals surface area contributed by atoms with Gasteiger partial charge in [-0.05, 0) is 43.4 Å². The van der Waals surface area contributed by atoms with Crippen molar-refractivity contribution in [3.63, 3.8) is 0 Å². The van der Waals surface area contributed by atoms with Gasteiger partial charge in [-0.15, -0.1) is 0 Å². The van der Waals surface area contributed by atoms with Gasteiger partial charge in [-0.2, -0.15) is 0 Å². The summed E-state index contributed by atoms with van der Waals surface area (Å²) >= 11 is 0. The van der Waals surface area contributed by atoms with Gasteiger partial charge in [0.15, 0.2) is 0 Å². The lowest BCUT2D eigenvalue weighted by molar-refractivity contribution is -0.147. The molecular weight excluding hydrogens is 202 g/mol. The predicted molar refractivity (Wildman–Crippen MR) is 62.9 cm³/mol. The highest BCUT2D eigenvalue weighted by atomic mass is 16.5. The molecule has 1 fully saturated rings. The smallest absolute Gasteiger partial charge is 0.310 e. The summed E-state index contributed by atoms with van der Waals surface area (Å²) in [4.78, 5) is 11.6. The van der Waals surface area contributed by atoms with Gasteiger partial charge < -0.3 is 10.5 Å². The van der Waals surface area contributed by atoms with E-state index >= 15 is 0 Å². The zero-order valence-corrected chi connectivity index (χ0v) is 9.32. The molecule has 0 spiro atoms.